The van der Waals surface area contributed by atoms with E-state index in [4.69, 9.17) is 4.42 Å². The second-order valence-electron chi connectivity index (χ2n) is 6.01. The van der Waals surface area contributed by atoms with Crippen molar-refractivity contribution in [3.05, 3.63) is 48.1 Å². The van der Waals surface area contributed by atoms with Gasteiger partial charge >= 0.3 is 6.03 Å². The van der Waals surface area contributed by atoms with Gasteiger partial charge in [0.1, 0.15) is 23.9 Å². The minimum absolute atomic E-state index is 0.105. The molecule has 0 saturated carbocycles. The third kappa shape index (κ3) is 3.12. The van der Waals surface area contributed by atoms with Crippen LogP contribution in [0.3, 0.4) is 0 Å². The first kappa shape index (κ1) is 15.4. The van der Waals surface area contributed by atoms with Crippen molar-refractivity contribution >= 4 is 11.8 Å². The second kappa shape index (κ2) is 6.42. The fraction of sp³-hybridized carbons (Fsp3) is 0.375. The number of nitrogens with one attached hydrogen (secondary N) is 2. The number of hydrogen-bond acceptors (Lipinski definition) is 5. The Morgan fingerprint density at radius 3 is 3.16 bits per heavy atom. The third-order valence-electron chi connectivity index (χ3n) is 4.26. The van der Waals surface area contributed by atoms with E-state index in [9.17, 15) is 4.79 Å². The third-order valence-corrected chi connectivity index (χ3v) is 4.26. The van der Waals surface area contributed by atoms with E-state index >= 15 is 0 Å². The van der Waals surface area contributed by atoms with Crippen LogP contribution in [0.2, 0.25) is 0 Å². The summed E-state index contributed by atoms with van der Waals surface area (Å²) in [6, 6.07) is 5.18. The van der Waals surface area contributed by atoms with Gasteiger partial charge in [-0.3, -0.25) is 10.4 Å². The minimum atomic E-state index is -0.175. The van der Waals surface area contributed by atoms with Crippen molar-refractivity contribution in [3.63, 3.8) is 0 Å². The van der Waals surface area contributed by atoms with Crippen LogP contribution in [0.5, 0.6) is 0 Å². The monoisotopic (exact) mass is 341 g/mol. The first-order valence-electron chi connectivity index (χ1n) is 8.21. The number of aryl methyl sites for hydroxylation is 1. The first-order chi connectivity index (χ1) is 12.2. The lowest BCUT2D eigenvalue weighted by Crippen LogP contribution is -2.35. The molecule has 0 aromatic carbocycles. The van der Waals surface area contributed by atoms with E-state index in [0.29, 0.717) is 24.7 Å². The highest BCUT2D eigenvalue weighted by Crippen LogP contribution is 2.30. The van der Waals surface area contributed by atoms with Gasteiger partial charge in [-0.15, -0.1) is 0 Å². The molecule has 9 heteroatoms. The van der Waals surface area contributed by atoms with Crippen molar-refractivity contribution in [2.75, 3.05) is 11.9 Å². The van der Waals surface area contributed by atoms with Gasteiger partial charge in [-0.1, -0.05) is 0 Å². The van der Waals surface area contributed by atoms with Crippen LogP contribution in [0.1, 0.15) is 36.3 Å². The van der Waals surface area contributed by atoms with E-state index in [1.54, 1.807) is 28.1 Å². The van der Waals surface area contributed by atoms with E-state index in [1.165, 1.54) is 0 Å². The Morgan fingerprint density at radius 2 is 2.40 bits per heavy atom. The summed E-state index contributed by atoms with van der Waals surface area (Å²) in [6.45, 7) is 2.98. The molecule has 1 aliphatic rings. The lowest BCUT2D eigenvalue weighted by atomic mass is 10.2. The zero-order valence-corrected chi connectivity index (χ0v) is 13.8. The normalized spacial score (nSPS) is 17.2. The molecule has 4 rings (SSSR count). The molecule has 1 atom stereocenters. The number of furan rings is 1. The lowest BCUT2D eigenvalue weighted by Gasteiger charge is -2.23. The van der Waals surface area contributed by atoms with Gasteiger partial charge < -0.3 is 9.32 Å². The lowest BCUT2D eigenvalue weighted by molar-refractivity contribution is 0.205. The summed E-state index contributed by atoms with van der Waals surface area (Å²) in [4.78, 5) is 18.9. The number of amides is 2. The fourth-order valence-electron chi connectivity index (χ4n) is 3.08. The molecule has 4 heterocycles. The Labute approximate surface area is 144 Å². The molecule has 130 valence electrons. The number of rotatable bonds is 4. The van der Waals surface area contributed by atoms with E-state index < -0.39 is 0 Å². The number of aromatic amines is 1. The smallest absolute Gasteiger partial charge is 0.323 e. The van der Waals surface area contributed by atoms with Gasteiger partial charge in [0.25, 0.3) is 0 Å². The van der Waals surface area contributed by atoms with Crippen molar-refractivity contribution in [2.24, 2.45) is 0 Å². The van der Waals surface area contributed by atoms with Gasteiger partial charge in [-0.25, -0.2) is 14.5 Å². The van der Waals surface area contributed by atoms with E-state index in [2.05, 4.69) is 25.6 Å². The summed E-state index contributed by atoms with van der Waals surface area (Å²) in [5, 5.41) is 14.2. The minimum Gasteiger partial charge on any atom is -0.467 e. The SMILES string of the molecule is Cc1nc(C2CCCN2C(=O)Nc2ccnn2Cc2ccco2)n[nH]1. The molecule has 2 amide bonds. The standard InChI is InChI=1S/C16H19N7O2/c1-11-18-15(21-20-11)13-5-2-8-22(13)16(24)19-14-6-7-17-23(14)10-12-4-3-9-25-12/h3-4,6-7,9,13H,2,5,8,10H2,1H3,(H,19,24)(H,18,20,21). The van der Waals surface area contributed by atoms with Crippen LogP contribution < -0.4 is 5.32 Å². The number of carbonyl (C=O) groups is 1. The van der Waals surface area contributed by atoms with E-state index in [1.807, 2.05) is 19.1 Å². The van der Waals surface area contributed by atoms with Crippen LogP contribution in [-0.4, -0.2) is 42.4 Å². The highest BCUT2D eigenvalue weighted by Gasteiger charge is 2.33. The Bertz CT molecular complexity index is 852. The molecule has 1 unspecified atom stereocenters. The molecule has 0 aliphatic carbocycles. The summed E-state index contributed by atoms with van der Waals surface area (Å²) in [5.74, 6) is 2.81. The van der Waals surface area contributed by atoms with Crippen molar-refractivity contribution in [3.8, 4) is 0 Å². The van der Waals surface area contributed by atoms with Crippen LogP contribution in [-0.2, 0) is 6.54 Å². The molecule has 1 aliphatic heterocycles. The number of carbonyl (C=O) groups excluding carboxylic acids is 1. The maximum absolute atomic E-state index is 12.7. The Morgan fingerprint density at radius 1 is 1.48 bits per heavy atom. The molecule has 2 N–H and O–H groups in total. The van der Waals surface area contributed by atoms with Crippen LogP contribution in [0, 0.1) is 6.92 Å². The largest absolute Gasteiger partial charge is 0.467 e. The molecule has 3 aromatic heterocycles. The number of nitrogens with zero attached hydrogens (tertiary/aromatic N) is 5. The highest BCUT2D eigenvalue weighted by molar-refractivity contribution is 5.88. The van der Waals surface area contributed by atoms with Crippen molar-refractivity contribution in [1.82, 2.24) is 29.9 Å². The average Bonchev–Trinajstić information content (AvgIpc) is 3.35. The molecule has 0 spiro atoms. The highest BCUT2D eigenvalue weighted by atomic mass is 16.3. The van der Waals surface area contributed by atoms with Crippen LogP contribution in [0.25, 0.3) is 0 Å². The Hall–Kier alpha value is -3.10. The van der Waals surface area contributed by atoms with Gasteiger partial charge in [0.15, 0.2) is 5.82 Å². The van der Waals surface area contributed by atoms with Crippen LogP contribution >= 0.6 is 0 Å². The summed E-state index contributed by atoms with van der Waals surface area (Å²) >= 11 is 0. The van der Waals surface area contributed by atoms with E-state index in [0.717, 1.165) is 24.4 Å². The summed E-state index contributed by atoms with van der Waals surface area (Å²) in [5.41, 5.74) is 0. The molecule has 3 aromatic rings. The Balaban J connectivity index is 1.47. The summed E-state index contributed by atoms with van der Waals surface area (Å²) < 4.78 is 7.03. The van der Waals surface area contributed by atoms with Crippen molar-refractivity contribution in [1.29, 1.82) is 0 Å². The van der Waals surface area contributed by atoms with Crippen LogP contribution in [0.15, 0.2) is 35.1 Å². The topological polar surface area (TPSA) is 105 Å². The molecule has 1 fully saturated rings. The van der Waals surface area contributed by atoms with Gasteiger partial charge in [-0.05, 0) is 31.9 Å². The Kier molecular flexibility index (Phi) is 3.96. The maximum Gasteiger partial charge on any atom is 0.323 e. The molecule has 0 bridgehead atoms. The molecule has 1 saturated heterocycles. The molecular weight excluding hydrogens is 322 g/mol. The summed E-state index contributed by atoms with van der Waals surface area (Å²) in [7, 11) is 0. The summed E-state index contributed by atoms with van der Waals surface area (Å²) in [6.07, 6.45) is 5.05. The molecule has 9 nitrogen and oxygen atoms in total. The maximum atomic E-state index is 12.7. The number of hydrogen-bond donors (Lipinski definition) is 2. The van der Waals surface area contributed by atoms with Crippen molar-refractivity contribution < 1.29 is 9.21 Å². The number of aromatic nitrogens is 5. The number of H-pyrrole nitrogens is 1. The predicted molar refractivity (Wildman–Crippen MR) is 88.9 cm³/mol. The van der Waals surface area contributed by atoms with Crippen molar-refractivity contribution in [2.45, 2.75) is 32.4 Å². The fourth-order valence-corrected chi connectivity index (χ4v) is 3.08. The zero-order chi connectivity index (χ0) is 17.2. The average molecular weight is 341 g/mol. The molecule has 0 radical (unpaired) electrons. The van der Waals surface area contributed by atoms with E-state index in [-0.39, 0.29) is 12.1 Å². The van der Waals surface area contributed by atoms with Gasteiger partial charge in [0, 0.05) is 12.6 Å². The number of anilines is 1. The number of likely N-dealkylation sites (tertiary alicyclic amines) is 1. The van der Waals surface area contributed by atoms with Crippen LogP contribution in [0.4, 0.5) is 10.6 Å². The van der Waals surface area contributed by atoms with Gasteiger partial charge in [0.05, 0.1) is 18.5 Å². The first-order valence-corrected chi connectivity index (χ1v) is 8.21. The second-order valence-corrected chi connectivity index (χ2v) is 6.01. The van der Waals surface area contributed by atoms with Gasteiger partial charge in [-0.2, -0.15) is 10.2 Å². The zero-order valence-electron chi connectivity index (χ0n) is 13.8. The quantitative estimate of drug-likeness (QED) is 0.758. The number of urea groups is 1. The van der Waals surface area contributed by atoms with Gasteiger partial charge in [0.2, 0.25) is 0 Å². The predicted octanol–water partition coefficient (Wildman–Crippen LogP) is 2.32. The molecule has 25 heavy (non-hydrogen) atoms. The molecular formula is C16H19N7O2.